The molecule has 0 bridgehead atoms. The molecular formula is C19H28NO7+. The molecule has 0 amide bonds. The summed E-state index contributed by atoms with van der Waals surface area (Å²) in [6.07, 6.45) is -2.19. The van der Waals surface area contributed by atoms with E-state index in [9.17, 15) is 9.59 Å². The van der Waals surface area contributed by atoms with Gasteiger partial charge in [0.05, 0.1) is 19.6 Å². The highest BCUT2D eigenvalue weighted by atomic mass is 16.6. The van der Waals surface area contributed by atoms with Crippen LogP contribution in [0.2, 0.25) is 0 Å². The van der Waals surface area contributed by atoms with Crippen LogP contribution in [0.15, 0.2) is 24.3 Å². The van der Waals surface area contributed by atoms with Crippen molar-refractivity contribution in [1.29, 1.82) is 0 Å². The van der Waals surface area contributed by atoms with E-state index in [4.69, 9.17) is 23.7 Å². The van der Waals surface area contributed by atoms with E-state index in [-0.39, 0.29) is 19.1 Å². The highest BCUT2D eigenvalue weighted by Gasteiger charge is 2.38. The van der Waals surface area contributed by atoms with Crippen molar-refractivity contribution in [2.45, 2.75) is 45.1 Å². The number of methoxy groups -OCH3 is 1. The molecule has 1 aliphatic rings. The summed E-state index contributed by atoms with van der Waals surface area (Å²) in [6.45, 7) is 5.35. The van der Waals surface area contributed by atoms with Crippen LogP contribution in [0, 0.1) is 5.92 Å². The molecule has 150 valence electrons. The third-order valence-electron chi connectivity index (χ3n) is 4.14. The first-order valence-corrected chi connectivity index (χ1v) is 8.94. The van der Waals surface area contributed by atoms with Gasteiger partial charge < -0.3 is 29.4 Å². The molecule has 0 radical (unpaired) electrons. The lowest BCUT2D eigenvalue weighted by Gasteiger charge is -2.30. The monoisotopic (exact) mass is 382 g/mol. The third-order valence-corrected chi connectivity index (χ3v) is 4.14. The number of esters is 2. The Labute approximate surface area is 158 Å². The molecule has 1 aromatic carbocycles. The molecule has 0 spiro atoms. The molecule has 2 rings (SSSR count). The van der Waals surface area contributed by atoms with Gasteiger partial charge in [-0.25, -0.2) is 4.79 Å². The number of carbonyl (C=O) groups excluding carboxylic acids is 2. The van der Waals surface area contributed by atoms with E-state index in [1.807, 2.05) is 0 Å². The zero-order chi connectivity index (χ0) is 20.0. The highest BCUT2D eigenvalue weighted by molar-refractivity contribution is 5.74. The summed E-state index contributed by atoms with van der Waals surface area (Å²) in [5.74, 6) is 0.00973. The minimum atomic E-state index is -0.823. The zero-order valence-electron chi connectivity index (χ0n) is 16.2. The van der Waals surface area contributed by atoms with E-state index in [1.54, 1.807) is 52.1 Å². The van der Waals surface area contributed by atoms with Gasteiger partial charge >= 0.3 is 11.9 Å². The van der Waals surface area contributed by atoms with E-state index < -0.39 is 36.3 Å². The number of rotatable bonds is 5. The van der Waals surface area contributed by atoms with Gasteiger partial charge in [-0.2, -0.15) is 0 Å². The molecule has 0 unspecified atom stereocenters. The molecule has 1 aromatic rings. The number of hydrogen-bond donors (Lipinski definition) is 1. The van der Waals surface area contributed by atoms with E-state index in [1.165, 1.54) is 0 Å². The average molecular weight is 382 g/mol. The highest BCUT2D eigenvalue weighted by Crippen LogP contribution is 2.23. The summed E-state index contributed by atoms with van der Waals surface area (Å²) in [4.78, 5) is 24.3. The zero-order valence-corrected chi connectivity index (χ0v) is 16.2. The van der Waals surface area contributed by atoms with Gasteiger partial charge in [0.2, 0.25) is 6.04 Å². The summed E-state index contributed by atoms with van der Waals surface area (Å²) < 4.78 is 27.8. The molecule has 0 aromatic heterocycles. The molecule has 0 saturated carbocycles. The number of cyclic esters (lactones) is 1. The Hall–Kier alpha value is -2.32. The predicted molar refractivity (Wildman–Crippen MR) is 95.2 cm³/mol. The van der Waals surface area contributed by atoms with Crippen molar-refractivity contribution in [2.24, 2.45) is 5.92 Å². The van der Waals surface area contributed by atoms with Crippen LogP contribution >= 0.6 is 0 Å². The van der Waals surface area contributed by atoms with Crippen LogP contribution in [-0.4, -0.2) is 56.6 Å². The molecule has 1 aliphatic heterocycles. The van der Waals surface area contributed by atoms with Gasteiger partial charge in [0, 0.05) is 0 Å². The normalized spacial score (nSPS) is 26.4. The molecule has 27 heavy (non-hydrogen) atoms. The van der Waals surface area contributed by atoms with Gasteiger partial charge in [0.25, 0.3) is 0 Å². The molecule has 1 saturated heterocycles. The van der Waals surface area contributed by atoms with Gasteiger partial charge in [-0.05, 0) is 31.2 Å². The Morgan fingerprint density at radius 3 is 2.41 bits per heavy atom. The third kappa shape index (κ3) is 5.83. The van der Waals surface area contributed by atoms with Crippen LogP contribution in [0.1, 0.15) is 20.8 Å². The fourth-order valence-electron chi connectivity index (χ4n) is 2.51. The van der Waals surface area contributed by atoms with Gasteiger partial charge in [-0.15, -0.1) is 0 Å². The SMILES string of the molecule is COc1ccc(O[C@H]2COC[C@H]([NH3+])C(=O)O[C@@H](C)[C@@H]2OC(=O)C(C)C)cc1. The minimum absolute atomic E-state index is 0.0961. The molecule has 0 aliphatic carbocycles. The molecule has 3 N–H and O–H groups in total. The van der Waals surface area contributed by atoms with Crippen LogP contribution in [0.4, 0.5) is 0 Å². The fourth-order valence-corrected chi connectivity index (χ4v) is 2.51. The van der Waals surface area contributed by atoms with E-state index in [2.05, 4.69) is 5.73 Å². The Kier molecular flexibility index (Phi) is 7.44. The van der Waals surface area contributed by atoms with Crippen molar-refractivity contribution < 1.29 is 39.0 Å². The van der Waals surface area contributed by atoms with Crippen LogP contribution in [-0.2, 0) is 23.8 Å². The molecule has 1 fully saturated rings. The number of benzene rings is 1. The van der Waals surface area contributed by atoms with Crippen LogP contribution in [0.3, 0.4) is 0 Å². The average Bonchev–Trinajstić information content (AvgIpc) is 2.68. The second kappa shape index (κ2) is 9.57. The first-order chi connectivity index (χ1) is 12.8. The van der Waals surface area contributed by atoms with E-state index >= 15 is 0 Å². The molecule has 4 atom stereocenters. The molecule has 8 heteroatoms. The molecule has 8 nitrogen and oxygen atoms in total. The van der Waals surface area contributed by atoms with Crippen molar-refractivity contribution in [3.63, 3.8) is 0 Å². The topological polar surface area (TPSA) is 108 Å². The first kappa shape index (κ1) is 21.0. The fraction of sp³-hybridized carbons (Fsp3) is 0.579. The summed E-state index contributed by atoms with van der Waals surface area (Å²) in [7, 11) is 1.58. The van der Waals surface area contributed by atoms with Gasteiger partial charge in [0.1, 0.15) is 24.2 Å². The Morgan fingerprint density at radius 2 is 1.81 bits per heavy atom. The minimum Gasteiger partial charge on any atom is -0.497 e. The lowest BCUT2D eigenvalue weighted by atomic mass is 10.1. The van der Waals surface area contributed by atoms with E-state index in [0.29, 0.717) is 11.5 Å². The number of hydrogen-bond acceptors (Lipinski definition) is 7. The maximum Gasteiger partial charge on any atom is 0.367 e. The van der Waals surface area contributed by atoms with E-state index in [0.717, 1.165) is 0 Å². The van der Waals surface area contributed by atoms with Gasteiger partial charge in [0.15, 0.2) is 12.2 Å². The number of ether oxygens (including phenoxy) is 5. The van der Waals surface area contributed by atoms with Crippen LogP contribution < -0.4 is 15.2 Å². The Balaban J connectivity index is 2.24. The molecular weight excluding hydrogens is 354 g/mol. The van der Waals surface area contributed by atoms with Gasteiger partial charge in [-0.3, -0.25) is 4.79 Å². The largest absolute Gasteiger partial charge is 0.497 e. The quantitative estimate of drug-likeness (QED) is 0.742. The summed E-state index contributed by atoms with van der Waals surface area (Å²) in [5, 5.41) is 0. The molecule has 1 heterocycles. The number of quaternary nitrogens is 1. The number of carbonyl (C=O) groups is 2. The lowest BCUT2D eigenvalue weighted by Crippen LogP contribution is -2.67. The smallest absolute Gasteiger partial charge is 0.367 e. The summed E-state index contributed by atoms with van der Waals surface area (Å²) in [6, 6.07) is 6.35. The Bertz CT molecular complexity index is 631. The maximum atomic E-state index is 12.2. The van der Waals surface area contributed by atoms with Crippen molar-refractivity contribution in [3.05, 3.63) is 24.3 Å². The Morgan fingerprint density at radius 1 is 1.19 bits per heavy atom. The lowest BCUT2D eigenvalue weighted by molar-refractivity contribution is -0.415. The predicted octanol–water partition coefficient (Wildman–Crippen LogP) is 0.583. The van der Waals surface area contributed by atoms with Crippen molar-refractivity contribution >= 4 is 11.9 Å². The first-order valence-electron chi connectivity index (χ1n) is 8.94. The summed E-state index contributed by atoms with van der Waals surface area (Å²) >= 11 is 0. The maximum absolute atomic E-state index is 12.2. The standard InChI is InChI=1S/C19H27NO7/c1-11(2)18(21)27-17-12(3)25-19(22)15(20)9-24-10-16(17)26-14-7-5-13(23-4)6-8-14/h5-8,11-12,15-17H,9-10,20H2,1-4H3/p+1/t12-,15-,16-,17-/m0/s1. The van der Waals surface area contributed by atoms with Crippen molar-refractivity contribution in [3.8, 4) is 11.5 Å². The second-order valence-corrected chi connectivity index (χ2v) is 6.76. The second-order valence-electron chi connectivity index (χ2n) is 6.76. The van der Waals surface area contributed by atoms with Crippen molar-refractivity contribution in [2.75, 3.05) is 20.3 Å². The van der Waals surface area contributed by atoms with Crippen molar-refractivity contribution in [1.82, 2.24) is 0 Å². The van der Waals surface area contributed by atoms with Crippen LogP contribution in [0.5, 0.6) is 11.5 Å². The summed E-state index contributed by atoms with van der Waals surface area (Å²) in [5.41, 5.74) is 3.74. The van der Waals surface area contributed by atoms with Gasteiger partial charge in [-0.1, -0.05) is 13.8 Å². The van der Waals surface area contributed by atoms with Crippen LogP contribution in [0.25, 0.3) is 0 Å².